The molecule has 0 N–H and O–H groups in total. The van der Waals surface area contributed by atoms with E-state index >= 15 is 0 Å². The van der Waals surface area contributed by atoms with Crippen LogP contribution in [0.2, 0.25) is 0 Å². The fourth-order valence-electron chi connectivity index (χ4n) is 0.566. The van der Waals surface area contributed by atoms with E-state index in [-0.39, 0.29) is 18.9 Å². The summed E-state index contributed by atoms with van der Waals surface area (Å²) in [5.74, 6) is 0. The van der Waals surface area contributed by atoms with Gasteiger partial charge in [-0.2, -0.15) is 0 Å². The summed E-state index contributed by atoms with van der Waals surface area (Å²) in [5, 5.41) is 0. The molecule has 0 heterocycles. The van der Waals surface area contributed by atoms with Gasteiger partial charge in [0.2, 0.25) is 0 Å². The van der Waals surface area contributed by atoms with Crippen LogP contribution in [-0.2, 0) is 0 Å². The molecule has 9 heavy (non-hydrogen) atoms. The third kappa shape index (κ3) is 2.79. The zero-order valence-corrected chi connectivity index (χ0v) is 5.89. The fraction of sp³-hybridized carbons (Fsp3) is 0.143. The van der Waals surface area contributed by atoms with Crippen molar-refractivity contribution >= 4 is 32.2 Å². The second-order valence-corrected chi connectivity index (χ2v) is 1.91. The Labute approximate surface area is 69.2 Å². The molecule has 0 aliphatic carbocycles. The Bertz CT molecular complexity index is 148. The normalized spacial score (nSPS) is 8.11. The van der Waals surface area contributed by atoms with Gasteiger partial charge in [0, 0.05) is 18.9 Å². The van der Waals surface area contributed by atoms with Gasteiger partial charge in [0.25, 0.3) is 0 Å². The molecule has 0 bridgehead atoms. The zero-order chi connectivity index (χ0) is 5.98. The van der Waals surface area contributed by atoms with Crippen LogP contribution in [0.15, 0.2) is 24.3 Å². The molecule has 1 rings (SSSR count). The average Bonchev–Trinajstić information content (AvgIpc) is 1.77. The molecule has 1 aromatic rings. The van der Waals surface area contributed by atoms with Crippen LogP contribution in [0.4, 0.5) is 0 Å². The molecule has 0 saturated heterocycles. The van der Waals surface area contributed by atoms with Gasteiger partial charge in [0.1, 0.15) is 7.85 Å². The van der Waals surface area contributed by atoms with E-state index in [4.69, 9.17) is 7.85 Å². The molecule has 0 saturated carbocycles. The van der Waals surface area contributed by atoms with Crippen molar-refractivity contribution in [3.63, 3.8) is 0 Å². The average molecular weight is 109 g/mol. The van der Waals surface area contributed by atoms with Gasteiger partial charge in [-0.3, -0.25) is 0 Å². The van der Waals surface area contributed by atoms with E-state index in [9.17, 15) is 0 Å². The molecular weight excluding hydrogens is 102 g/mol. The third-order valence-corrected chi connectivity index (χ3v) is 1.08. The molecule has 2 heteroatoms. The van der Waals surface area contributed by atoms with Crippen LogP contribution < -0.4 is 5.46 Å². The Morgan fingerprint density at radius 3 is 1.89 bits per heavy atom. The Balaban J connectivity index is 0.000000640. The van der Waals surface area contributed by atoms with Crippen molar-refractivity contribution < 1.29 is 0 Å². The van der Waals surface area contributed by atoms with Crippen molar-refractivity contribution in [1.29, 1.82) is 0 Å². The first-order chi connectivity index (χ1) is 3.79. The van der Waals surface area contributed by atoms with E-state index in [0.29, 0.717) is 0 Å². The largest absolute Gasteiger partial charge is 0.113 e. The molecule has 0 unspecified atom stereocenters. The molecule has 0 nitrogen and oxygen atoms in total. The van der Waals surface area contributed by atoms with Gasteiger partial charge < -0.3 is 0 Å². The summed E-state index contributed by atoms with van der Waals surface area (Å²) in [5.41, 5.74) is 2.08. The van der Waals surface area contributed by atoms with E-state index in [0.717, 1.165) is 5.46 Å². The molecule has 0 atom stereocenters. The molecule has 0 aliphatic heterocycles. The van der Waals surface area contributed by atoms with Gasteiger partial charge in [0.05, 0.1) is 0 Å². The van der Waals surface area contributed by atoms with Gasteiger partial charge in [-0.1, -0.05) is 35.3 Å². The molecule has 0 spiro atoms. The smallest absolute Gasteiger partial charge is 0.0967 e. The third-order valence-electron chi connectivity index (χ3n) is 1.08. The number of benzene rings is 1. The zero-order valence-electron chi connectivity index (χ0n) is 5.89. The summed E-state index contributed by atoms with van der Waals surface area (Å²) in [6.45, 7) is 2.04. The van der Waals surface area contributed by atoms with Crippen LogP contribution in [0.25, 0.3) is 0 Å². The van der Waals surface area contributed by atoms with Gasteiger partial charge in [-0.05, 0) is 6.92 Å². The minimum Gasteiger partial charge on any atom is -0.0967 e. The van der Waals surface area contributed by atoms with Crippen LogP contribution in [-0.4, -0.2) is 26.7 Å². The number of rotatable bonds is 0. The number of aryl methyl sites for hydroxylation is 1. The Morgan fingerprint density at radius 2 is 1.56 bits per heavy atom. The molecular formula is C7H7BLi. The first-order valence-corrected chi connectivity index (χ1v) is 2.61. The van der Waals surface area contributed by atoms with E-state index in [1.54, 1.807) is 0 Å². The van der Waals surface area contributed by atoms with Crippen LogP contribution in [0.1, 0.15) is 5.56 Å². The van der Waals surface area contributed by atoms with E-state index < -0.39 is 0 Å². The minimum absolute atomic E-state index is 0. The van der Waals surface area contributed by atoms with Crippen molar-refractivity contribution in [2.75, 3.05) is 0 Å². The first kappa shape index (κ1) is 8.88. The van der Waals surface area contributed by atoms with Crippen molar-refractivity contribution in [2.45, 2.75) is 6.92 Å². The van der Waals surface area contributed by atoms with E-state index in [1.807, 2.05) is 31.2 Å². The standard InChI is InChI=1S/C7H7B.Li/c1-6-2-4-7(8)5-3-6;/h2-5H,1H3;. The van der Waals surface area contributed by atoms with Crippen molar-refractivity contribution in [3.05, 3.63) is 29.8 Å². The molecule has 3 radical (unpaired) electrons. The van der Waals surface area contributed by atoms with Gasteiger partial charge in [-0.15, -0.1) is 0 Å². The summed E-state index contributed by atoms with van der Waals surface area (Å²) in [6.07, 6.45) is 0. The SMILES string of the molecule is [B]c1ccc(C)cc1.[Li]. The topological polar surface area (TPSA) is 0 Å². The monoisotopic (exact) mass is 109 g/mol. The second kappa shape index (κ2) is 3.82. The summed E-state index contributed by atoms with van der Waals surface area (Å²) >= 11 is 0. The van der Waals surface area contributed by atoms with Crippen LogP contribution >= 0.6 is 0 Å². The maximum atomic E-state index is 5.43. The Morgan fingerprint density at radius 1 is 1.11 bits per heavy atom. The second-order valence-electron chi connectivity index (χ2n) is 1.91. The van der Waals surface area contributed by atoms with Gasteiger partial charge in [-0.25, -0.2) is 0 Å². The predicted octanol–water partition coefficient (Wildman–Crippen LogP) is 0.408. The molecule has 0 fully saturated rings. The number of hydrogen-bond donors (Lipinski definition) is 0. The van der Waals surface area contributed by atoms with Crippen LogP contribution in [0.5, 0.6) is 0 Å². The summed E-state index contributed by atoms with van der Waals surface area (Å²) in [7, 11) is 5.43. The van der Waals surface area contributed by atoms with Crippen molar-refractivity contribution in [1.82, 2.24) is 0 Å². The number of hydrogen-bond acceptors (Lipinski definition) is 0. The first-order valence-electron chi connectivity index (χ1n) is 2.61. The molecule has 39 valence electrons. The maximum Gasteiger partial charge on any atom is 0.113 e. The van der Waals surface area contributed by atoms with Crippen molar-refractivity contribution in [3.8, 4) is 0 Å². The van der Waals surface area contributed by atoms with Crippen LogP contribution in [0, 0.1) is 6.92 Å². The Hall–Kier alpha value is -0.118. The fourth-order valence-corrected chi connectivity index (χ4v) is 0.566. The Kier molecular flexibility index (Phi) is 3.77. The van der Waals surface area contributed by atoms with Gasteiger partial charge in [0.15, 0.2) is 0 Å². The quantitative estimate of drug-likeness (QED) is 0.423. The summed E-state index contributed by atoms with van der Waals surface area (Å²) < 4.78 is 0. The predicted molar refractivity (Wildman–Crippen MR) is 42.3 cm³/mol. The maximum absolute atomic E-state index is 5.43. The summed E-state index contributed by atoms with van der Waals surface area (Å²) in [6, 6.07) is 7.79. The van der Waals surface area contributed by atoms with E-state index in [2.05, 4.69) is 0 Å². The molecule has 0 aliphatic rings. The van der Waals surface area contributed by atoms with E-state index in [1.165, 1.54) is 5.56 Å². The molecule has 0 amide bonds. The van der Waals surface area contributed by atoms with Crippen molar-refractivity contribution in [2.24, 2.45) is 0 Å². The molecule has 0 aromatic heterocycles. The summed E-state index contributed by atoms with van der Waals surface area (Å²) in [4.78, 5) is 0. The minimum atomic E-state index is 0. The van der Waals surface area contributed by atoms with Crippen LogP contribution in [0.3, 0.4) is 0 Å². The van der Waals surface area contributed by atoms with Gasteiger partial charge >= 0.3 is 0 Å². The molecule has 1 aromatic carbocycles.